The number of benzene rings is 1. The number of rotatable bonds is 2. The zero-order valence-electron chi connectivity index (χ0n) is 13.7. The number of hydrogen-bond acceptors (Lipinski definition) is 4. The number of ether oxygens (including phenoxy) is 1. The highest BCUT2D eigenvalue weighted by Crippen LogP contribution is 2.65. The summed E-state index contributed by atoms with van der Waals surface area (Å²) in [5, 5.41) is 0. The molecule has 2 N–H and O–H groups in total. The van der Waals surface area contributed by atoms with E-state index in [1.807, 2.05) is 13.8 Å². The van der Waals surface area contributed by atoms with Gasteiger partial charge >= 0.3 is 5.97 Å². The minimum absolute atomic E-state index is 0.202. The van der Waals surface area contributed by atoms with Crippen molar-refractivity contribution >= 4 is 17.8 Å². The minimum Gasteiger partial charge on any atom is -0.448 e. The second kappa shape index (κ2) is 5.03. The number of nitrogens with one attached hydrogen (secondary N) is 2. The third-order valence-corrected chi connectivity index (χ3v) is 5.85. The van der Waals surface area contributed by atoms with Crippen LogP contribution in [0, 0.1) is 16.6 Å². The SMILES string of the molecule is CC1(C)[C@@]2(C)CC[C@]1(C(=O)NNC(=O)c1ccc(F)cc1)OC2=O. The van der Waals surface area contributed by atoms with Gasteiger partial charge in [-0.25, -0.2) is 4.39 Å². The summed E-state index contributed by atoms with van der Waals surface area (Å²) < 4.78 is 18.3. The third-order valence-electron chi connectivity index (χ3n) is 5.85. The van der Waals surface area contributed by atoms with Gasteiger partial charge in [-0.05, 0) is 44.0 Å². The summed E-state index contributed by atoms with van der Waals surface area (Å²) in [6, 6.07) is 4.92. The maximum atomic E-state index is 12.9. The molecule has 2 fully saturated rings. The molecule has 1 aliphatic heterocycles. The molecular formula is C17H19FN2O4. The van der Waals surface area contributed by atoms with Gasteiger partial charge in [0, 0.05) is 11.0 Å². The lowest BCUT2D eigenvalue weighted by molar-refractivity contribution is -0.168. The Morgan fingerprint density at radius 1 is 1.08 bits per heavy atom. The quantitative estimate of drug-likeness (QED) is 0.637. The number of amides is 2. The molecule has 1 heterocycles. The van der Waals surface area contributed by atoms with Crippen molar-refractivity contribution in [3.05, 3.63) is 35.6 Å². The van der Waals surface area contributed by atoms with E-state index >= 15 is 0 Å². The molecule has 0 spiro atoms. The molecule has 1 saturated carbocycles. The molecule has 1 aromatic carbocycles. The molecule has 2 atom stereocenters. The average molecular weight is 334 g/mol. The van der Waals surface area contributed by atoms with Gasteiger partial charge in [0.15, 0.2) is 5.60 Å². The molecule has 24 heavy (non-hydrogen) atoms. The Morgan fingerprint density at radius 2 is 1.71 bits per heavy atom. The number of carbonyl (C=O) groups is 3. The molecule has 2 bridgehead atoms. The minimum atomic E-state index is -1.30. The van der Waals surface area contributed by atoms with Crippen LogP contribution >= 0.6 is 0 Å². The van der Waals surface area contributed by atoms with Crippen molar-refractivity contribution in [1.82, 2.24) is 10.9 Å². The number of hydrazine groups is 1. The summed E-state index contributed by atoms with van der Waals surface area (Å²) in [7, 11) is 0. The number of hydrogen-bond donors (Lipinski definition) is 2. The Balaban J connectivity index is 1.73. The van der Waals surface area contributed by atoms with E-state index < -0.39 is 40.0 Å². The zero-order valence-corrected chi connectivity index (χ0v) is 13.7. The Kier molecular flexibility index (Phi) is 3.44. The summed E-state index contributed by atoms with van der Waals surface area (Å²) in [6.45, 7) is 5.45. The summed E-state index contributed by atoms with van der Waals surface area (Å²) >= 11 is 0. The predicted octanol–water partition coefficient (Wildman–Crippen LogP) is 1.71. The normalized spacial score (nSPS) is 29.9. The van der Waals surface area contributed by atoms with Gasteiger partial charge in [-0.3, -0.25) is 25.2 Å². The van der Waals surface area contributed by atoms with E-state index in [1.54, 1.807) is 6.92 Å². The van der Waals surface area contributed by atoms with Crippen molar-refractivity contribution in [2.24, 2.45) is 10.8 Å². The number of esters is 1. The molecule has 0 unspecified atom stereocenters. The van der Waals surface area contributed by atoms with Crippen molar-refractivity contribution in [2.45, 2.75) is 39.2 Å². The molecule has 0 aromatic heterocycles. The molecule has 7 heteroatoms. The monoisotopic (exact) mass is 334 g/mol. The van der Waals surface area contributed by atoms with E-state index in [-0.39, 0.29) is 5.56 Å². The van der Waals surface area contributed by atoms with Gasteiger partial charge < -0.3 is 4.74 Å². The highest BCUT2D eigenvalue weighted by Gasteiger charge is 2.75. The molecule has 128 valence electrons. The van der Waals surface area contributed by atoms with Gasteiger partial charge in [-0.15, -0.1) is 0 Å². The van der Waals surface area contributed by atoms with Crippen molar-refractivity contribution in [1.29, 1.82) is 0 Å². The highest BCUT2D eigenvalue weighted by molar-refractivity contribution is 5.99. The fourth-order valence-electron chi connectivity index (χ4n) is 3.64. The van der Waals surface area contributed by atoms with Crippen LogP contribution in [0.5, 0.6) is 0 Å². The van der Waals surface area contributed by atoms with Gasteiger partial charge in [0.25, 0.3) is 11.8 Å². The first-order valence-electron chi connectivity index (χ1n) is 7.74. The Labute approximate surface area is 138 Å². The average Bonchev–Trinajstić information content (AvgIpc) is 2.83. The van der Waals surface area contributed by atoms with E-state index in [2.05, 4.69) is 10.9 Å². The summed E-state index contributed by atoms with van der Waals surface area (Å²) in [5.41, 5.74) is 2.12. The van der Waals surface area contributed by atoms with Crippen molar-refractivity contribution in [3.8, 4) is 0 Å². The van der Waals surface area contributed by atoms with Gasteiger partial charge in [-0.2, -0.15) is 0 Å². The standard InChI is InChI=1S/C17H19FN2O4/c1-15(2)16(3)8-9-17(15,24-14(16)23)13(22)20-19-12(21)10-4-6-11(18)7-5-10/h4-7H,8-9H2,1-3H3,(H,19,21)(H,20,22)/t16-,17+/m0/s1. The van der Waals surface area contributed by atoms with Crippen molar-refractivity contribution in [2.75, 3.05) is 0 Å². The Hall–Kier alpha value is -2.44. The molecule has 1 aromatic rings. The number of halogens is 1. The van der Waals surface area contributed by atoms with Crippen LogP contribution in [0.2, 0.25) is 0 Å². The first-order chi connectivity index (χ1) is 11.1. The lowest BCUT2D eigenvalue weighted by Crippen LogP contribution is -2.57. The van der Waals surface area contributed by atoms with Gasteiger partial charge in [0.1, 0.15) is 5.82 Å². The lowest BCUT2D eigenvalue weighted by atomic mass is 9.66. The van der Waals surface area contributed by atoms with Crippen LogP contribution in [0.15, 0.2) is 24.3 Å². The second-order valence-electron chi connectivity index (χ2n) is 7.09. The summed E-state index contributed by atoms with van der Waals surface area (Å²) in [4.78, 5) is 36.8. The van der Waals surface area contributed by atoms with Crippen molar-refractivity contribution in [3.63, 3.8) is 0 Å². The van der Waals surface area contributed by atoms with E-state index in [9.17, 15) is 18.8 Å². The van der Waals surface area contributed by atoms with E-state index in [0.717, 1.165) is 12.1 Å². The summed E-state index contributed by atoms with van der Waals surface area (Å²) in [6.07, 6.45) is 0.957. The maximum Gasteiger partial charge on any atom is 0.313 e. The fraction of sp³-hybridized carbons (Fsp3) is 0.471. The lowest BCUT2D eigenvalue weighted by Gasteiger charge is -2.35. The Morgan fingerprint density at radius 3 is 2.21 bits per heavy atom. The molecule has 1 saturated heterocycles. The number of carbonyl (C=O) groups excluding carboxylic acids is 3. The summed E-state index contributed by atoms with van der Waals surface area (Å²) in [5.74, 6) is -1.99. The van der Waals surface area contributed by atoms with Crippen LogP contribution in [0.4, 0.5) is 4.39 Å². The van der Waals surface area contributed by atoms with Gasteiger partial charge in [0.2, 0.25) is 0 Å². The fourth-order valence-corrected chi connectivity index (χ4v) is 3.64. The van der Waals surface area contributed by atoms with Crippen molar-refractivity contribution < 1.29 is 23.5 Å². The van der Waals surface area contributed by atoms with E-state index in [0.29, 0.717) is 12.8 Å². The van der Waals surface area contributed by atoms with E-state index in [1.165, 1.54) is 12.1 Å². The molecule has 1 aliphatic carbocycles. The van der Waals surface area contributed by atoms with Crippen LogP contribution in [-0.4, -0.2) is 23.4 Å². The first kappa shape index (κ1) is 16.4. The first-order valence-corrected chi connectivity index (χ1v) is 7.74. The van der Waals surface area contributed by atoms with Crippen LogP contribution < -0.4 is 10.9 Å². The maximum absolute atomic E-state index is 12.9. The van der Waals surface area contributed by atoms with Crippen LogP contribution in [-0.2, 0) is 14.3 Å². The molecule has 2 aliphatic rings. The largest absolute Gasteiger partial charge is 0.448 e. The molecule has 6 nitrogen and oxygen atoms in total. The predicted molar refractivity (Wildman–Crippen MR) is 82.0 cm³/mol. The van der Waals surface area contributed by atoms with Crippen LogP contribution in [0.3, 0.4) is 0 Å². The van der Waals surface area contributed by atoms with Crippen LogP contribution in [0.25, 0.3) is 0 Å². The molecule has 3 rings (SSSR count). The molecule has 0 radical (unpaired) electrons. The second-order valence-corrected chi connectivity index (χ2v) is 7.09. The zero-order chi connectivity index (χ0) is 17.8. The topological polar surface area (TPSA) is 84.5 Å². The van der Waals surface area contributed by atoms with Gasteiger partial charge in [0.05, 0.1) is 5.41 Å². The number of fused-ring (bicyclic) bond motifs is 2. The molecular weight excluding hydrogens is 315 g/mol. The molecule has 2 amide bonds. The van der Waals surface area contributed by atoms with Crippen LogP contribution in [0.1, 0.15) is 44.0 Å². The van der Waals surface area contributed by atoms with E-state index in [4.69, 9.17) is 4.74 Å². The highest BCUT2D eigenvalue weighted by atomic mass is 19.1. The third kappa shape index (κ3) is 1.96. The Bertz CT molecular complexity index is 731. The smallest absolute Gasteiger partial charge is 0.313 e. The van der Waals surface area contributed by atoms with Gasteiger partial charge in [-0.1, -0.05) is 13.8 Å².